The molecule has 0 unspecified atom stereocenters. The number of methoxy groups -OCH3 is 2. The van der Waals surface area contributed by atoms with Gasteiger partial charge < -0.3 is 24.6 Å². The van der Waals surface area contributed by atoms with Gasteiger partial charge in [0.05, 0.1) is 14.2 Å². The minimum absolute atomic E-state index is 0.378. The molecular formula is C23H29N3O4. The monoisotopic (exact) mass is 411 g/mol. The molecule has 1 aliphatic rings. The molecule has 1 saturated heterocycles. The van der Waals surface area contributed by atoms with E-state index in [1.165, 1.54) is 5.56 Å². The molecule has 1 N–H and O–H groups in total. The van der Waals surface area contributed by atoms with Gasteiger partial charge in [-0.3, -0.25) is 9.59 Å². The molecule has 1 fully saturated rings. The van der Waals surface area contributed by atoms with E-state index in [1.807, 2.05) is 24.3 Å². The second-order valence-corrected chi connectivity index (χ2v) is 7.31. The van der Waals surface area contributed by atoms with Gasteiger partial charge in [0.25, 0.3) is 0 Å². The van der Waals surface area contributed by atoms with Gasteiger partial charge in [0.2, 0.25) is 0 Å². The third-order valence-corrected chi connectivity index (χ3v) is 5.28. The summed E-state index contributed by atoms with van der Waals surface area (Å²) in [6, 6.07) is 13.9. The zero-order valence-corrected chi connectivity index (χ0v) is 17.8. The Hall–Kier alpha value is -3.22. The Morgan fingerprint density at radius 2 is 1.70 bits per heavy atom. The Labute approximate surface area is 177 Å². The molecule has 7 nitrogen and oxygen atoms in total. The van der Waals surface area contributed by atoms with Crippen molar-refractivity contribution >= 4 is 17.5 Å². The summed E-state index contributed by atoms with van der Waals surface area (Å²) in [5.41, 5.74) is 3.36. The molecule has 2 amide bonds. The number of benzene rings is 2. The highest BCUT2D eigenvalue weighted by Crippen LogP contribution is 2.27. The van der Waals surface area contributed by atoms with Gasteiger partial charge >= 0.3 is 11.8 Å². The van der Waals surface area contributed by atoms with Gasteiger partial charge in [0.15, 0.2) is 11.5 Å². The predicted molar refractivity (Wildman–Crippen MR) is 116 cm³/mol. The number of amides is 2. The van der Waals surface area contributed by atoms with Crippen molar-refractivity contribution in [3.8, 4) is 11.5 Å². The molecule has 0 aliphatic carbocycles. The predicted octanol–water partition coefficient (Wildman–Crippen LogP) is 2.02. The molecular weight excluding hydrogens is 382 g/mol. The molecule has 0 spiro atoms. The largest absolute Gasteiger partial charge is 0.493 e. The van der Waals surface area contributed by atoms with Crippen molar-refractivity contribution in [1.82, 2.24) is 10.2 Å². The summed E-state index contributed by atoms with van der Waals surface area (Å²) in [5.74, 6) is 0.278. The number of aryl methyl sites for hydroxylation is 1. The van der Waals surface area contributed by atoms with E-state index in [1.54, 1.807) is 19.1 Å². The molecule has 30 heavy (non-hydrogen) atoms. The average molecular weight is 412 g/mol. The van der Waals surface area contributed by atoms with Crippen molar-refractivity contribution in [2.75, 3.05) is 51.8 Å². The summed E-state index contributed by atoms with van der Waals surface area (Å²) >= 11 is 0. The topological polar surface area (TPSA) is 71.1 Å². The maximum atomic E-state index is 12.5. The lowest BCUT2D eigenvalue weighted by Gasteiger charge is -2.35. The molecule has 160 valence electrons. The SMILES string of the molecule is COc1ccc(CCNC(=O)C(=O)N2CCN(c3cccc(C)c3)CC2)cc1OC. The van der Waals surface area contributed by atoms with Crippen LogP contribution in [0.5, 0.6) is 11.5 Å². The van der Waals surface area contributed by atoms with Crippen molar-refractivity contribution in [1.29, 1.82) is 0 Å². The number of hydrogen-bond donors (Lipinski definition) is 1. The second kappa shape index (κ2) is 10.0. The Bertz CT molecular complexity index is 892. The van der Waals surface area contributed by atoms with Crippen LogP contribution in [0.2, 0.25) is 0 Å². The maximum absolute atomic E-state index is 12.5. The smallest absolute Gasteiger partial charge is 0.312 e. The van der Waals surface area contributed by atoms with Gasteiger partial charge in [-0.2, -0.15) is 0 Å². The Morgan fingerprint density at radius 3 is 2.37 bits per heavy atom. The van der Waals surface area contributed by atoms with Gasteiger partial charge in [-0.1, -0.05) is 18.2 Å². The summed E-state index contributed by atoms with van der Waals surface area (Å²) in [4.78, 5) is 28.6. The van der Waals surface area contributed by atoms with Gasteiger partial charge in [0.1, 0.15) is 0 Å². The van der Waals surface area contributed by atoms with Crippen molar-refractivity contribution in [3.05, 3.63) is 53.6 Å². The van der Waals surface area contributed by atoms with Crippen LogP contribution in [0, 0.1) is 6.92 Å². The van der Waals surface area contributed by atoms with Crippen LogP contribution < -0.4 is 19.7 Å². The molecule has 0 radical (unpaired) electrons. The number of nitrogens with zero attached hydrogens (tertiary/aromatic N) is 2. The zero-order chi connectivity index (χ0) is 21.5. The van der Waals surface area contributed by atoms with Crippen molar-refractivity contribution in [2.24, 2.45) is 0 Å². The van der Waals surface area contributed by atoms with E-state index in [0.717, 1.165) is 11.3 Å². The molecule has 0 atom stereocenters. The Balaban J connectivity index is 1.46. The Kier molecular flexibility index (Phi) is 7.17. The molecule has 3 rings (SSSR count). The van der Waals surface area contributed by atoms with E-state index in [4.69, 9.17) is 9.47 Å². The number of ether oxygens (including phenoxy) is 2. The lowest BCUT2D eigenvalue weighted by molar-refractivity contribution is -0.146. The number of carbonyl (C=O) groups excluding carboxylic acids is 2. The fourth-order valence-electron chi connectivity index (χ4n) is 3.57. The van der Waals surface area contributed by atoms with Crippen LogP contribution in [0.3, 0.4) is 0 Å². The molecule has 2 aromatic rings. The van der Waals surface area contributed by atoms with E-state index in [9.17, 15) is 9.59 Å². The Morgan fingerprint density at radius 1 is 0.967 bits per heavy atom. The minimum Gasteiger partial charge on any atom is -0.493 e. The highest BCUT2D eigenvalue weighted by atomic mass is 16.5. The van der Waals surface area contributed by atoms with Crippen molar-refractivity contribution < 1.29 is 19.1 Å². The van der Waals surface area contributed by atoms with Gasteiger partial charge in [-0.25, -0.2) is 0 Å². The minimum atomic E-state index is -0.556. The molecule has 2 aromatic carbocycles. The van der Waals surface area contributed by atoms with Crippen LogP contribution in [0.15, 0.2) is 42.5 Å². The molecule has 1 aliphatic heterocycles. The van der Waals surface area contributed by atoms with Crippen LogP contribution in [-0.4, -0.2) is 63.7 Å². The highest BCUT2D eigenvalue weighted by molar-refractivity contribution is 6.35. The van der Waals surface area contributed by atoms with Crippen LogP contribution in [0.25, 0.3) is 0 Å². The number of anilines is 1. The van der Waals surface area contributed by atoms with E-state index >= 15 is 0 Å². The number of rotatable bonds is 6. The first-order valence-corrected chi connectivity index (χ1v) is 10.1. The average Bonchev–Trinajstić information content (AvgIpc) is 2.78. The maximum Gasteiger partial charge on any atom is 0.312 e. The number of nitrogens with one attached hydrogen (secondary N) is 1. The number of hydrogen-bond acceptors (Lipinski definition) is 5. The fourth-order valence-corrected chi connectivity index (χ4v) is 3.57. The van der Waals surface area contributed by atoms with Crippen LogP contribution in [0.4, 0.5) is 5.69 Å². The summed E-state index contributed by atoms with van der Waals surface area (Å²) in [5, 5.41) is 2.73. The van der Waals surface area contributed by atoms with Crippen molar-refractivity contribution in [3.63, 3.8) is 0 Å². The second-order valence-electron chi connectivity index (χ2n) is 7.31. The first-order valence-electron chi connectivity index (χ1n) is 10.1. The third-order valence-electron chi connectivity index (χ3n) is 5.28. The quantitative estimate of drug-likeness (QED) is 0.737. The molecule has 0 aromatic heterocycles. The fraction of sp³-hybridized carbons (Fsp3) is 0.391. The van der Waals surface area contributed by atoms with E-state index in [2.05, 4.69) is 35.3 Å². The molecule has 0 saturated carbocycles. The number of carbonyl (C=O) groups is 2. The number of piperazine rings is 1. The standard InChI is InChI=1S/C23H29N3O4/c1-17-5-4-6-19(15-17)25-11-13-26(14-12-25)23(28)22(27)24-10-9-18-7-8-20(29-2)21(16-18)30-3/h4-8,15-16H,9-14H2,1-3H3,(H,24,27). The summed E-state index contributed by atoms with van der Waals surface area (Å²) in [7, 11) is 3.17. The van der Waals surface area contributed by atoms with Crippen LogP contribution >= 0.6 is 0 Å². The van der Waals surface area contributed by atoms with Gasteiger partial charge in [0, 0.05) is 38.4 Å². The molecule has 1 heterocycles. The first-order chi connectivity index (χ1) is 14.5. The van der Waals surface area contributed by atoms with Gasteiger partial charge in [-0.15, -0.1) is 0 Å². The molecule has 7 heteroatoms. The van der Waals surface area contributed by atoms with E-state index < -0.39 is 11.8 Å². The van der Waals surface area contributed by atoms with Crippen LogP contribution in [-0.2, 0) is 16.0 Å². The van der Waals surface area contributed by atoms with E-state index in [0.29, 0.717) is 50.6 Å². The lowest BCUT2D eigenvalue weighted by Crippen LogP contribution is -2.52. The van der Waals surface area contributed by atoms with Crippen LogP contribution in [0.1, 0.15) is 11.1 Å². The molecule has 0 bridgehead atoms. The zero-order valence-electron chi connectivity index (χ0n) is 17.8. The summed E-state index contributed by atoms with van der Waals surface area (Å²) in [6.07, 6.45) is 0.598. The highest BCUT2D eigenvalue weighted by Gasteiger charge is 2.25. The summed E-state index contributed by atoms with van der Waals surface area (Å²) < 4.78 is 10.5. The first kappa shape index (κ1) is 21.5. The van der Waals surface area contributed by atoms with E-state index in [-0.39, 0.29) is 0 Å². The normalized spacial score (nSPS) is 13.7. The third kappa shape index (κ3) is 5.23. The van der Waals surface area contributed by atoms with Gasteiger partial charge in [-0.05, 0) is 48.7 Å². The summed E-state index contributed by atoms with van der Waals surface area (Å²) in [6.45, 7) is 4.95. The lowest BCUT2D eigenvalue weighted by atomic mass is 10.1. The van der Waals surface area contributed by atoms with Crippen molar-refractivity contribution in [2.45, 2.75) is 13.3 Å².